The average molecular weight is 298 g/mol. The maximum atomic E-state index is 13.6. The number of nitrogens with one attached hydrogen (secondary N) is 1. The number of aryl methyl sites for hydroxylation is 2. The van der Waals surface area contributed by atoms with E-state index in [4.69, 9.17) is 11.6 Å². The van der Waals surface area contributed by atoms with Gasteiger partial charge in [-0.25, -0.2) is 18.7 Å². The van der Waals surface area contributed by atoms with Crippen LogP contribution >= 0.6 is 11.6 Å². The highest BCUT2D eigenvalue weighted by Crippen LogP contribution is 2.16. The minimum absolute atomic E-state index is 0.0404. The van der Waals surface area contributed by atoms with E-state index in [1.54, 1.807) is 6.92 Å². The first kappa shape index (κ1) is 14.3. The molecule has 1 aromatic heterocycles. The molecule has 104 valence electrons. The number of aromatic nitrogens is 2. The number of halogens is 3. The Morgan fingerprint density at radius 2 is 1.85 bits per heavy atom. The summed E-state index contributed by atoms with van der Waals surface area (Å²) >= 11 is 5.73. The third-order valence-corrected chi connectivity index (χ3v) is 2.73. The van der Waals surface area contributed by atoms with Crippen molar-refractivity contribution in [3.63, 3.8) is 0 Å². The van der Waals surface area contributed by atoms with Crippen LogP contribution in [-0.2, 0) is 0 Å². The van der Waals surface area contributed by atoms with Gasteiger partial charge in [0.25, 0.3) is 5.91 Å². The van der Waals surface area contributed by atoms with Crippen molar-refractivity contribution in [2.75, 3.05) is 5.32 Å². The fourth-order valence-electron chi connectivity index (χ4n) is 1.59. The summed E-state index contributed by atoms with van der Waals surface area (Å²) in [5.41, 5.74) is 0.431. The highest BCUT2D eigenvalue weighted by Gasteiger charge is 2.16. The van der Waals surface area contributed by atoms with Gasteiger partial charge in [-0.15, -0.1) is 0 Å². The molecule has 0 saturated heterocycles. The van der Waals surface area contributed by atoms with Gasteiger partial charge in [0.05, 0.1) is 5.56 Å². The molecule has 0 fully saturated rings. The second-order valence-corrected chi connectivity index (χ2v) is 4.58. The standard InChI is InChI=1S/C13H10ClF2N3O/c1-6-3-8(10(16)5-9(6)15)12(20)19-13-17-7(2)4-11(14)18-13/h3-5H,1-2H3,(H,17,18,19,20). The Balaban J connectivity index is 2.30. The van der Waals surface area contributed by atoms with Gasteiger partial charge < -0.3 is 0 Å². The van der Waals surface area contributed by atoms with Gasteiger partial charge in [0, 0.05) is 11.8 Å². The molecule has 0 radical (unpaired) electrons. The topological polar surface area (TPSA) is 54.9 Å². The van der Waals surface area contributed by atoms with Crippen molar-refractivity contribution in [2.24, 2.45) is 0 Å². The summed E-state index contributed by atoms with van der Waals surface area (Å²) in [4.78, 5) is 19.7. The van der Waals surface area contributed by atoms with Gasteiger partial charge in [0.2, 0.25) is 5.95 Å². The van der Waals surface area contributed by atoms with Gasteiger partial charge in [-0.05, 0) is 31.5 Å². The monoisotopic (exact) mass is 297 g/mol. The Morgan fingerprint density at radius 3 is 2.50 bits per heavy atom. The smallest absolute Gasteiger partial charge is 0.261 e. The molecule has 1 N–H and O–H groups in total. The van der Waals surface area contributed by atoms with E-state index in [9.17, 15) is 13.6 Å². The van der Waals surface area contributed by atoms with E-state index >= 15 is 0 Å². The van der Waals surface area contributed by atoms with Crippen molar-refractivity contribution in [1.82, 2.24) is 9.97 Å². The third-order valence-electron chi connectivity index (χ3n) is 2.54. The number of benzene rings is 1. The number of rotatable bonds is 2. The molecule has 20 heavy (non-hydrogen) atoms. The average Bonchev–Trinajstić information content (AvgIpc) is 2.32. The van der Waals surface area contributed by atoms with Gasteiger partial charge in [-0.1, -0.05) is 11.6 Å². The molecule has 1 amide bonds. The largest absolute Gasteiger partial charge is 0.290 e. The molecular formula is C13H10ClF2N3O. The highest BCUT2D eigenvalue weighted by atomic mass is 35.5. The lowest BCUT2D eigenvalue weighted by atomic mass is 10.1. The number of amides is 1. The zero-order valence-corrected chi connectivity index (χ0v) is 11.4. The fraction of sp³-hybridized carbons (Fsp3) is 0.154. The molecule has 1 aromatic carbocycles. The van der Waals surface area contributed by atoms with Crippen LogP contribution in [0.2, 0.25) is 5.15 Å². The Morgan fingerprint density at radius 1 is 1.15 bits per heavy atom. The lowest BCUT2D eigenvalue weighted by Gasteiger charge is -2.07. The van der Waals surface area contributed by atoms with Crippen LogP contribution in [0.3, 0.4) is 0 Å². The summed E-state index contributed by atoms with van der Waals surface area (Å²) in [6, 6.07) is 3.30. The molecular weight excluding hydrogens is 288 g/mol. The predicted octanol–water partition coefficient (Wildman–Crippen LogP) is 3.28. The second-order valence-electron chi connectivity index (χ2n) is 4.19. The number of nitrogens with zero attached hydrogens (tertiary/aromatic N) is 2. The molecule has 4 nitrogen and oxygen atoms in total. The SMILES string of the molecule is Cc1cc(Cl)nc(NC(=O)c2cc(C)c(F)cc2F)n1. The lowest BCUT2D eigenvalue weighted by Crippen LogP contribution is -2.16. The van der Waals surface area contributed by atoms with E-state index in [0.29, 0.717) is 11.8 Å². The van der Waals surface area contributed by atoms with Crippen molar-refractivity contribution < 1.29 is 13.6 Å². The molecule has 0 aliphatic rings. The van der Waals surface area contributed by atoms with Crippen LogP contribution in [0.1, 0.15) is 21.6 Å². The Kier molecular flexibility index (Phi) is 3.94. The van der Waals surface area contributed by atoms with Gasteiger partial charge in [-0.2, -0.15) is 0 Å². The molecule has 0 aliphatic carbocycles. The van der Waals surface area contributed by atoms with Crippen LogP contribution in [0.15, 0.2) is 18.2 Å². The number of carbonyl (C=O) groups is 1. The van der Waals surface area contributed by atoms with E-state index in [2.05, 4.69) is 15.3 Å². The van der Waals surface area contributed by atoms with Crippen molar-refractivity contribution in [1.29, 1.82) is 0 Å². The van der Waals surface area contributed by atoms with Gasteiger partial charge >= 0.3 is 0 Å². The summed E-state index contributed by atoms with van der Waals surface area (Å²) in [6.07, 6.45) is 0. The van der Waals surface area contributed by atoms with Crippen LogP contribution in [0.4, 0.5) is 14.7 Å². The summed E-state index contributed by atoms with van der Waals surface area (Å²) < 4.78 is 26.7. The first-order valence-electron chi connectivity index (χ1n) is 5.65. The molecule has 0 saturated carbocycles. The second kappa shape index (κ2) is 5.50. The zero-order valence-electron chi connectivity index (χ0n) is 10.7. The predicted molar refractivity (Wildman–Crippen MR) is 70.8 cm³/mol. The maximum Gasteiger partial charge on any atom is 0.261 e. The summed E-state index contributed by atoms with van der Waals surface area (Å²) in [7, 11) is 0. The molecule has 0 atom stereocenters. The van der Waals surface area contributed by atoms with E-state index < -0.39 is 17.5 Å². The maximum absolute atomic E-state index is 13.6. The number of anilines is 1. The number of hydrogen-bond acceptors (Lipinski definition) is 3. The van der Waals surface area contributed by atoms with Crippen molar-refractivity contribution in [2.45, 2.75) is 13.8 Å². The van der Waals surface area contributed by atoms with Gasteiger partial charge in [-0.3, -0.25) is 10.1 Å². The van der Waals surface area contributed by atoms with Crippen molar-refractivity contribution in [3.8, 4) is 0 Å². The van der Waals surface area contributed by atoms with Gasteiger partial charge in [0.15, 0.2) is 0 Å². The Bertz CT molecular complexity index is 671. The van der Waals surface area contributed by atoms with Crippen LogP contribution in [-0.4, -0.2) is 15.9 Å². The molecule has 1 heterocycles. The van der Waals surface area contributed by atoms with Gasteiger partial charge in [0.1, 0.15) is 16.8 Å². The van der Waals surface area contributed by atoms with Crippen molar-refractivity contribution >= 4 is 23.5 Å². The molecule has 0 bridgehead atoms. The summed E-state index contributed by atoms with van der Waals surface area (Å²) in [5, 5.41) is 2.48. The van der Waals surface area contributed by atoms with E-state index in [1.165, 1.54) is 13.0 Å². The normalized spacial score (nSPS) is 10.4. The lowest BCUT2D eigenvalue weighted by molar-refractivity contribution is 0.102. The molecule has 0 unspecified atom stereocenters. The van der Waals surface area contributed by atoms with Crippen LogP contribution in [0.5, 0.6) is 0 Å². The van der Waals surface area contributed by atoms with E-state index in [1.807, 2.05) is 0 Å². The molecule has 2 rings (SSSR count). The first-order valence-corrected chi connectivity index (χ1v) is 6.03. The molecule has 2 aromatic rings. The Labute approximate surface area is 118 Å². The molecule has 0 aliphatic heterocycles. The van der Waals surface area contributed by atoms with Crippen molar-refractivity contribution in [3.05, 3.63) is 51.8 Å². The minimum Gasteiger partial charge on any atom is -0.290 e. The molecule has 0 spiro atoms. The zero-order chi connectivity index (χ0) is 14.9. The van der Waals surface area contributed by atoms with Crippen LogP contribution in [0.25, 0.3) is 0 Å². The summed E-state index contributed by atoms with van der Waals surface area (Å²) in [6.45, 7) is 3.11. The summed E-state index contributed by atoms with van der Waals surface area (Å²) in [5.74, 6) is -2.48. The van der Waals surface area contributed by atoms with E-state index in [0.717, 1.165) is 6.07 Å². The molecule has 7 heteroatoms. The quantitative estimate of drug-likeness (QED) is 0.866. The third kappa shape index (κ3) is 3.08. The van der Waals surface area contributed by atoms with Crippen LogP contribution < -0.4 is 5.32 Å². The number of carbonyl (C=O) groups excluding carboxylic acids is 1. The van der Waals surface area contributed by atoms with Crippen LogP contribution in [0, 0.1) is 25.5 Å². The fourth-order valence-corrected chi connectivity index (χ4v) is 1.82. The Hall–Kier alpha value is -2.08. The van der Waals surface area contributed by atoms with E-state index in [-0.39, 0.29) is 22.2 Å². The minimum atomic E-state index is -0.954. The first-order chi connectivity index (χ1) is 9.36. The highest BCUT2D eigenvalue weighted by molar-refractivity contribution is 6.29. The number of hydrogen-bond donors (Lipinski definition) is 1.